The quantitative estimate of drug-likeness (QED) is 0.879. The molecule has 1 N–H and O–H groups in total. The average Bonchev–Trinajstić information content (AvgIpc) is 2.66. The van der Waals surface area contributed by atoms with E-state index in [0.29, 0.717) is 6.54 Å². The first-order valence-corrected chi connectivity index (χ1v) is 9.77. The van der Waals surface area contributed by atoms with Gasteiger partial charge in [0.15, 0.2) is 0 Å². The third-order valence-corrected chi connectivity index (χ3v) is 5.15. The summed E-state index contributed by atoms with van der Waals surface area (Å²) in [6.45, 7) is 12.6. The van der Waals surface area contributed by atoms with Crippen LogP contribution in [-0.4, -0.2) is 37.1 Å². The smallest absolute Gasteiger partial charge is 0.317 e. The standard InChI is InChI=1S/C23H31N3O/c1-18-8-7-9-19(16-18)17-24-22(27)26-14-12-25(13-15-26)21-11-6-5-10-20(21)23(2,3)4/h5-11,16H,12-15,17H2,1-4H3,(H,24,27). The number of anilines is 1. The fourth-order valence-electron chi connectivity index (χ4n) is 3.65. The fraction of sp³-hybridized carbons (Fsp3) is 0.435. The summed E-state index contributed by atoms with van der Waals surface area (Å²) >= 11 is 0. The van der Waals surface area contributed by atoms with Crippen LogP contribution in [0.1, 0.15) is 37.5 Å². The van der Waals surface area contributed by atoms with Gasteiger partial charge in [-0.3, -0.25) is 0 Å². The van der Waals surface area contributed by atoms with Gasteiger partial charge in [0.1, 0.15) is 0 Å². The van der Waals surface area contributed by atoms with E-state index in [1.807, 2.05) is 11.0 Å². The molecule has 1 saturated heterocycles. The molecule has 1 aliphatic heterocycles. The zero-order valence-electron chi connectivity index (χ0n) is 17.0. The molecule has 0 radical (unpaired) electrons. The molecule has 2 amide bonds. The number of hydrogen-bond donors (Lipinski definition) is 1. The maximum atomic E-state index is 12.5. The zero-order chi connectivity index (χ0) is 19.4. The van der Waals surface area contributed by atoms with Crippen LogP contribution in [0.15, 0.2) is 48.5 Å². The minimum atomic E-state index is 0.0280. The molecule has 0 bridgehead atoms. The Hall–Kier alpha value is -2.49. The van der Waals surface area contributed by atoms with Crippen LogP contribution in [0.5, 0.6) is 0 Å². The summed E-state index contributed by atoms with van der Waals surface area (Å²) in [6, 6.07) is 16.9. The Labute approximate surface area is 163 Å². The molecule has 0 aliphatic carbocycles. The molecule has 144 valence electrons. The lowest BCUT2D eigenvalue weighted by molar-refractivity contribution is 0.194. The van der Waals surface area contributed by atoms with E-state index in [4.69, 9.17) is 0 Å². The van der Waals surface area contributed by atoms with Gasteiger partial charge in [0.05, 0.1) is 0 Å². The summed E-state index contributed by atoms with van der Waals surface area (Å²) in [5.74, 6) is 0. The summed E-state index contributed by atoms with van der Waals surface area (Å²) in [5, 5.41) is 3.05. The highest BCUT2D eigenvalue weighted by atomic mass is 16.2. The number of carbonyl (C=O) groups excluding carboxylic acids is 1. The molecule has 0 atom stereocenters. The first-order valence-electron chi connectivity index (χ1n) is 9.77. The van der Waals surface area contributed by atoms with Crippen molar-refractivity contribution >= 4 is 11.7 Å². The molecule has 1 aliphatic rings. The van der Waals surface area contributed by atoms with E-state index in [2.05, 4.69) is 80.4 Å². The predicted octanol–water partition coefficient (Wildman–Crippen LogP) is 4.32. The highest BCUT2D eigenvalue weighted by molar-refractivity contribution is 5.74. The molecule has 4 nitrogen and oxygen atoms in total. The van der Waals surface area contributed by atoms with Crippen LogP contribution in [0, 0.1) is 6.92 Å². The largest absolute Gasteiger partial charge is 0.368 e. The molecule has 2 aromatic carbocycles. The van der Waals surface area contributed by atoms with Gasteiger partial charge in [-0.2, -0.15) is 0 Å². The van der Waals surface area contributed by atoms with Gasteiger partial charge in [-0.15, -0.1) is 0 Å². The second-order valence-corrected chi connectivity index (χ2v) is 8.39. The van der Waals surface area contributed by atoms with Crippen LogP contribution in [0.3, 0.4) is 0 Å². The van der Waals surface area contributed by atoms with Crippen LogP contribution < -0.4 is 10.2 Å². The number of carbonyl (C=O) groups is 1. The van der Waals surface area contributed by atoms with E-state index in [-0.39, 0.29) is 11.4 Å². The van der Waals surface area contributed by atoms with Crippen molar-refractivity contribution in [2.45, 2.75) is 39.7 Å². The van der Waals surface area contributed by atoms with Crippen LogP contribution in [0.2, 0.25) is 0 Å². The van der Waals surface area contributed by atoms with Crippen molar-refractivity contribution in [2.75, 3.05) is 31.1 Å². The number of urea groups is 1. The Morgan fingerprint density at radius 1 is 1.00 bits per heavy atom. The van der Waals surface area contributed by atoms with Gasteiger partial charge in [0.2, 0.25) is 0 Å². The Kier molecular flexibility index (Phi) is 5.73. The summed E-state index contributed by atoms with van der Waals surface area (Å²) in [4.78, 5) is 16.9. The number of hydrogen-bond acceptors (Lipinski definition) is 2. The third-order valence-electron chi connectivity index (χ3n) is 5.15. The van der Waals surface area contributed by atoms with Gasteiger partial charge in [0, 0.05) is 38.4 Å². The molecule has 4 heteroatoms. The lowest BCUT2D eigenvalue weighted by atomic mass is 9.85. The van der Waals surface area contributed by atoms with E-state index < -0.39 is 0 Å². The van der Waals surface area contributed by atoms with Crippen LogP contribution >= 0.6 is 0 Å². The molecular formula is C23H31N3O. The first kappa shape index (κ1) is 19.3. The van der Waals surface area contributed by atoms with Gasteiger partial charge in [-0.1, -0.05) is 68.8 Å². The van der Waals surface area contributed by atoms with Crippen molar-refractivity contribution in [3.05, 3.63) is 65.2 Å². The zero-order valence-corrected chi connectivity index (χ0v) is 17.0. The van der Waals surface area contributed by atoms with Crippen molar-refractivity contribution < 1.29 is 4.79 Å². The molecule has 3 rings (SSSR count). The number of rotatable bonds is 3. The lowest BCUT2D eigenvalue weighted by Gasteiger charge is -2.38. The first-order chi connectivity index (χ1) is 12.8. The monoisotopic (exact) mass is 365 g/mol. The van der Waals surface area contributed by atoms with Gasteiger partial charge < -0.3 is 15.1 Å². The van der Waals surface area contributed by atoms with Crippen molar-refractivity contribution in [1.29, 1.82) is 0 Å². The maximum Gasteiger partial charge on any atom is 0.317 e. The number of amides is 2. The van der Waals surface area contributed by atoms with E-state index in [1.165, 1.54) is 16.8 Å². The van der Waals surface area contributed by atoms with Gasteiger partial charge in [-0.25, -0.2) is 4.79 Å². The molecule has 2 aromatic rings. The number of piperazine rings is 1. The molecule has 1 heterocycles. The van der Waals surface area contributed by atoms with Crippen LogP contribution in [0.4, 0.5) is 10.5 Å². The van der Waals surface area contributed by atoms with E-state index in [0.717, 1.165) is 31.7 Å². The molecule has 0 spiro atoms. The minimum absolute atomic E-state index is 0.0280. The van der Waals surface area contributed by atoms with Gasteiger partial charge >= 0.3 is 6.03 Å². The predicted molar refractivity (Wildman–Crippen MR) is 112 cm³/mol. The Morgan fingerprint density at radius 2 is 1.70 bits per heavy atom. The third kappa shape index (κ3) is 4.82. The molecule has 0 unspecified atom stereocenters. The molecule has 0 saturated carbocycles. The summed E-state index contributed by atoms with van der Waals surface area (Å²) in [6.07, 6.45) is 0. The lowest BCUT2D eigenvalue weighted by Crippen LogP contribution is -2.52. The topological polar surface area (TPSA) is 35.6 Å². The Morgan fingerprint density at radius 3 is 2.37 bits per heavy atom. The van der Waals surface area contributed by atoms with Crippen molar-refractivity contribution in [2.24, 2.45) is 0 Å². The highest BCUT2D eigenvalue weighted by Gasteiger charge is 2.25. The highest BCUT2D eigenvalue weighted by Crippen LogP contribution is 2.32. The second kappa shape index (κ2) is 8.03. The van der Waals surface area contributed by atoms with E-state index in [1.54, 1.807) is 0 Å². The van der Waals surface area contributed by atoms with E-state index in [9.17, 15) is 4.79 Å². The average molecular weight is 366 g/mol. The molecule has 1 fully saturated rings. The van der Waals surface area contributed by atoms with Crippen molar-refractivity contribution in [3.63, 3.8) is 0 Å². The second-order valence-electron chi connectivity index (χ2n) is 8.39. The molecule has 0 aromatic heterocycles. The van der Waals surface area contributed by atoms with Gasteiger partial charge in [-0.05, 0) is 29.5 Å². The fourth-order valence-corrected chi connectivity index (χ4v) is 3.65. The van der Waals surface area contributed by atoms with E-state index >= 15 is 0 Å². The molecule has 27 heavy (non-hydrogen) atoms. The number of aryl methyl sites for hydroxylation is 1. The number of benzene rings is 2. The van der Waals surface area contributed by atoms with Crippen LogP contribution in [-0.2, 0) is 12.0 Å². The summed E-state index contributed by atoms with van der Waals surface area (Å²) in [5.41, 5.74) is 5.12. The Bertz CT molecular complexity index is 786. The minimum Gasteiger partial charge on any atom is -0.368 e. The summed E-state index contributed by atoms with van der Waals surface area (Å²) < 4.78 is 0. The maximum absolute atomic E-state index is 12.5. The van der Waals surface area contributed by atoms with Crippen molar-refractivity contribution in [1.82, 2.24) is 10.2 Å². The normalized spacial score (nSPS) is 15.0. The SMILES string of the molecule is Cc1cccc(CNC(=O)N2CCN(c3ccccc3C(C)(C)C)CC2)c1. The number of para-hydroxylation sites is 1. The van der Waals surface area contributed by atoms with Crippen molar-refractivity contribution in [3.8, 4) is 0 Å². The van der Waals surface area contributed by atoms with Gasteiger partial charge in [0.25, 0.3) is 0 Å². The molecular weight excluding hydrogens is 334 g/mol. The Balaban J connectivity index is 1.57. The summed E-state index contributed by atoms with van der Waals surface area (Å²) in [7, 11) is 0. The number of nitrogens with zero attached hydrogens (tertiary/aromatic N) is 2. The van der Waals surface area contributed by atoms with Crippen LogP contribution in [0.25, 0.3) is 0 Å². The number of nitrogens with one attached hydrogen (secondary N) is 1.